The first kappa shape index (κ1) is 38.9. The molecule has 1 aromatic carbocycles. The molecule has 1 aliphatic carbocycles. The molecule has 2 aromatic rings. The second-order valence-corrected chi connectivity index (χ2v) is 17.3. The van der Waals surface area contributed by atoms with Crippen LogP contribution in [0.15, 0.2) is 30.7 Å². The lowest BCUT2D eigenvalue weighted by molar-refractivity contribution is 0.0618. The molecule has 0 radical (unpaired) electrons. The van der Waals surface area contributed by atoms with E-state index in [0.717, 1.165) is 71.2 Å². The first-order chi connectivity index (χ1) is 23.0. The Balaban J connectivity index is 0.00000101. The van der Waals surface area contributed by atoms with E-state index in [9.17, 15) is 26.0 Å². The summed E-state index contributed by atoms with van der Waals surface area (Å²) >= 11 is 0. The van der Waals surface area contributed by atoms with Crippen molar-refractivity contribution < 1.29 is 35.3 Å². The van der Waals surface area contributed by atoms with Crippen molar-refractivity contribution in [3.63, 3.8) is 0 Å². The Bertz CT molecular complexity index is 1630. The van der Waals surface area contributed by atoms with Gasteiger partial charge in [-0.05, 0) is 103 Å². The SMILES string of the molecule is CCN(C(=O)c1cc(F)ccc1Oc1cncnc1N1CC2(CCN(CC3CCC(NS(=O)(=O)CC)CC3)CC2)C1)C(C)C.CS(=O)(=O)O. The van der Waals surface area contributed by atoms with Crippen LogP contribution in [0.25, 0.3) is 0 Å². The van der Waals surface area contributed by atoms with Crippen LogP contribution >= 0.6 is 0 Å². The summed E-state index contributed by atoms with van der Waals surface area (Å²) < 4.78 is 73.0. The summed E-state index contributed by atoms with van der Waals surface area (Å²) in [6.07, 6.45) is 10.0. The van der Waals surface area contributed by atoms with Crippen LogP contribution in [0, 0.1) is 17.2 Å². The van der Waals surface area contributed by atoms with Gasteiger partial charge in [0.2, 0.25) is 10.0 Å². The van der Waals surface area contributed by atoms with E-state index in [-0.39, 0.29) is 40.5 Å². The van der Waals surface area contributed by atoms with Gasteiger partial charge in [0.25, 0.3) is 16.0 Å². The lowest BCUT2D eigenvalue weighted by Crippen LogP contribution is -2.61. The van der Waals surface area contributed by atoms with Gasteiger partial charge in [-0.25, -0.2) is 27.5 Å². The number of benzene rings is 1. The minimum atomic E-state index is -3.67. The molecular formula is C33H51FN6O7S2. The third-order valence-corrected chi connectivity index (χ3v) is 11.1. The van der Waals surface area contributed by atoms with E-state index in [1.807, 2.05) is 20.8 Å². The van der Waals surface area contributed by atoms with E-state index >= 15 is 0 Å². The highest BCUT2D eigenvalue weighted by Gasteiger charge is 2.46. The Morgan fingerprint density at radius 3 is 2.31 bits per heavy atom. The summed E-state index contributed by atoms with van der Waals surface area (Å²) in [6.45, 7) is 12.9. The first-order valence-corrected chi connectivity index (χ1v) is 20.5. The van der Waals surface area contributed by atoms with Crippen molar-refractivity contribution in [1.82, 2.24) is 24.5 Å². The number of ether oxygens (including phenoxy) is 1. The molecule has 0 unspecified atom stereocenters. The molecule has 3 heterocycles. The molecule has 2 N–H and O–H groups in total. The molecule has 0 atom stereocenters. The lowest BCUT2D eigenvalue weighted by Gasteiger charge is -2.54. The summed E-state index contributed by atoms with van der Waals surface area (Å²) in [7, 11) is -6.81. The third-order valence-electron chi connectivity index (χ3n) is 9.63. The van der Waals surface area contributed by atoms with E-state index in [1.165, 1.54) is 24.5 Å². The standard InChI is InChI=1S/C32H47FN6O4S.CH4O3S/c1-5-39(23(3)4)31(40)27-17-25(33)9-12-28(27)43-29-18-34-22-35-30(29)38-20-32(21-38)13-15-37(16-14-32)19-24-7-10-26(11-8-24)36-44(41,42)6-2;1-5(2,3)4/h9,12,17-18,22-24,26,36H,5-8,10-11,13-16,19-21H2,1-4H3;1H3,(H,2,3,4). The maximum absolute atomic E-state index is 14.2. The molecule has 16 heteroatoms. The maximum Gasteiger partial charge on any atom is 0.261 e. The molecule has 0 bridgehead atoms. The molecule has 2 saturated heterocycles. The van der Waals surface area contributed by atoms with E-state index in [2.05, 4.69) is 24.5 Å². The molecule has 1 amide bonds. The number of anilines is 1. The Morgan fingerprint density at radius 2 is 1.73 bits per heavy atom. The Labute approximate surface area is 290 Å². The van der Waals surface area contributed by atoms with Crippen LogP contribution in [-0.4, -0.2) is 110 Å². The smallest absolute Gasteiger partial charge is 0.261 e. The van der Waals surface area contributed by atoms with E-state index < -0.39 is 26.0 Å². The number of carbonyl (C=O) groups is 1. The zero-order valence-corrected chi connectivity index (χ0v) is 30.8. The molecule has 13 nitrogen and oxygen atoms in total. The lowest BCUT2D eigenvalue weighted by atomic mass is 9.71. The summed E-state index contributed by atoms with van der Waals surface area (Å²) in [5.74, 6) is 1.41. The number of aromatic nitrogens is 2. The van der Waals surface area contributed by atoms with Crippen molar-refractivity contribution in [3.05, 3.63) is 42.1 Å². The molecule has 274 valence electrons. The highest BCUT2D eigenvalue weighted by molar-refractivity contribution is 7.89. The molecule has 3 aliphatic rings. The van der Waals surface area contributed by atoms with Crippen molar-refractivity contribution in [1.29, 1.82) is 0 Å². The predicted molar refractivity (Wildman–Crippen MR) is 186 cm³/mol. The number of amides is 1. The average molecular weight is 727 g/mol. The van der Waals surface area contributed by atoms with Crippen LogP contribution in [-0.2, 0) is 20.1 Å². The van der Waals surface area contributed by atoms with Crippen molar-refractivity contribution in [2.75, 3.05) is 56.2 Å². The predicted octanol–water partition coefficient (Wildman–Crippen LogP) is 4.18. The van der Waals surface area contributed by atoms with Crippen LogP contribution in [0.1, 0.15) is 76.6 Å². The van der Waals surface area contributed by atoms with Crippen molar-refractivity contribution >= 4 is 31.9 Å². The Kier molecular flexibility index (Phi) is 13.0. The number of nitrogens with zero attached hydrogens (tertiary/aromatic N) is 5. The van der Waals surface area contributed by atoms with Crippen LogP contribution in [0.3, 0.4) is 0 Å². The highest BCUT2D eigenvalue weighted by Crippen LogP contribution is 2.45. The van der Waals surface area contributed by atoms with Gasteiger partial charge in [-0.1, -0.05) is 0 Å². The van der Waals surface area contributed by atoms with Crippen LogP contribution in [0.2, 0.25) is 0 Å². The quantitative estimate of drug-likeness (QED) is 0.320. The normalized spacial score (nSPS) is 21.1. The van der Waals surface area contributed by atoms with Gasteiger partial charge in [-0.2, -0.15) is 8.42 Å². The zero-order chi connectivity index (χ0) is 36.0. The number of hydrogen-bond donors (Lipinski definition) is 2. The first-order valence-electron chi connectivity index (χ1n) is 17.0. The fourth-order valence-corrected chi connectivity index (χ4v) is 7.91. The van der Waals surface area contributed by atoms with Gasteiger partial charge in [0.1, 0.15) is 17.9 Å². The van der Waals surface area contributed by atoms with E-state index in [4.69, 9.17) is 9.29 Å². The number of likely N-dealkylation sites (tertiary alicyclic amines) is 1. The molecular weight excluding hydrogens is 676 g/mol. The Morgan fingerprint density at radius 1 is 1.10 bits per heavy atom. The molecule has 1 spiro atoms. The van der Waals surface area contributed by atoms with Crippen molar-refractivity contribution in [2.24, 2.45) is 11.3 Å². The fraction of sp³-hybridized carbons (Fsp3) is 0.667. The molecule has 49 heavy (non-hydrogen) atoms. The number of rotatable bonds is 11. The minimum Gasteiger partial charge on any atom is -0.451 e. The van der Waals surface area contributed by atoms with Crippen LogP contribution in [0.5, 0.6) is 11.5 Å². The van der Waals surface area contributed by atoms with Gasteiger partial charge < -0.3 is 19.4 Å². The molecule has 5 rings (SSSR count). The summed E-state index contributed by atoms with van der Waals surface area (Å²) in [4.78, 5) is 28.5. The fourth-order valence-electron chi connectivity index (χ4n) is 7.00. The molecule has 3 fully saturated rings. The number of nitrogens with one attached hydrogen (secondary N) is 1. The van der Waals surface area contributed by atoms with E-state index in [1.54, 1.807) is 18.0 Å². The molecule has 2 aliphatic heterocycles. The van der Waals surface area contributed by atoms with Crippen LogP contribution < -0.4 is 14.4 Å². The number of sulfonamides is 1. The van der Waals surface area contributed by atoms with Gasteiger partial charge in [0.05, 0.1) is 23.8 Å². The molecule has 1 saturated carbocycles. The zero-order valence-electron chi connectivity index (χ0n) is 29.1. The van der Waals surface area contributed by atoms with E-state index in [0.29, 0.717) is 30.3 Å². The topological polar surface area (TPSA) is 162 Å². The molecule has 1 aromatic heterocycles. The summed E-state index contributed by atoms with van der Waals surface area (Å²) in [5.41, 5.74) is 0.420. The monoisotopic (exact) mass is 726 g/mol. The van der Waals surface area contributed by atoms with Crippen molar-refractivity contribution in [3.8, 4) is 11.5 Å². The van der Waals surface area contributed by atoms with Crippen molar-refractivity contribution in [2.45, 2.75) is 78.3 Å². The second kappa shape index (κ2) is 16.4. The number of hydrogen-bond acceptors (Lipinski definition) is 10. The average Bonchev–Trinajstić information content (AvgIpc) is 3.02. The number of piperidine rings is 1. The Hall–Kier alpha value is -2.92. The second-order valence-electron chi connectivity index (χ2n) is 13.8. The van der Waals surface area contributed by atoms with Crippen LogP contribution in [0.4, 0.5) is 10.2 Å². The summed E-state index contributed by atoms with van der Waals surface area (Å²) in [5, 5.41) is 0. The van der Waals surface area contributed by atoms with Gasteiger partial charge in [-0.3, -0.25) is 9.35 Å². The third kappa shape index (κ3) is 11.0. The highest BCUT2D eigenvalue weighted by atomic mass is 32.2. The van der Waals surface area contributed by atoms with Gasteiger partial charge >= 0.3 is 0 Å². The summed E-state index contributed by atoms with van der Waals surface area (Å²) in [6, 6.07) is 4.08. The maximum atomic E-state index is 14.2. The number of carbonyl (C=O) groups excluding carboxylic acids is 1. The van der Waals surface area contributed by atoms with Gasteiger partial charge in [-0.15, -0.1) is 0 Å². The minimum absolute atomic E-state index is 0.0352. The van der Waals surface area contributed by atoms with Gasteiger partial charge in [0, 0.05) is 43.7 Å². The number of halogens is 1. The largest absolute Gasteiger partial charge is 0.451 e. The van der Waals surface area contributed by atoms with Gasteiger partial charge in [0.15, 0.2) is 11.6 Å².